The summed E-state index contributed by atoms with van der Waals surface area (Å²) in [4.78, 5) is 12.0. The number of aromatic nitrogens is 2. The largest absolute Gasteiger partial charge is 0.328 e. The molecule has 1 aliphatic rings. The monoisotopic (exact) mass is 310 g/mol. The van der Waals surface area contributed by atoms with Crippen LogP contribution in [0.5, 0.6) is 0 Å². The molecule has 0 atom stereocenters. The van der Waals surface area contributed by atoms with Gasteiger partial charge in [0, 0.05) is 22.9 Å². The Kier molecular flexibility index (Phi) is 2.86. The second-order valence-corrected chi connectivity index (χ2v) is 5.54. The van der Waals surface area contributed by atoms with Crippen molar-refractivity contribution in [1.29, 1.82) is 0 Å². The first-order valence-corrected chi connectivity index (χ1v) is 6.65. The summed E-state index contributed by atoms with van der Waals surface area (Å²) in [5.41, 5.74) is 0.760. The van der Waals surface area contributed by atoms with Crippen molar-refractivity contribution in [2.24, 2.45) is 0 Å². The van der Waals surface area contributed by atoms with Crippen molar-refractivity contribution in [3.63, 3.8) is 0 Å². The van der Waals surface area contributed by atoms with Crippen molar-refractivity contribution >= 4 is 15.9 Å². The molecule has 1 aromatic carbocycles. The molecule has 2 aromatic rings. The average molecular weight is 311 g/mol. The van der Waals surface area contributed by atoms with E-state index >= 15 is 0 Å². The Morgan fingerprint density at radius 1 is 1.28 bits per heavy atom. The van der Waals surface area contributed by atoms with E-state index in [0.717, 1.165) is 18.4 Å². The van der Waals surface area contributed by atoms with Crippen LogP contribution in [0.25, 0.3) is 0 Å². The van der Waals surface area contributed by atoms with E-state index in [1.807, 2.05) is 12.3 Å². The third-order valence-electron chi connectivity index (χ3n) is 3.09. The minimum absolute atomic E-state index is 0.0158. The van der Waals surface area contributed by atoms with Crippen molar-refractivity contribution in [3.8, 4) is 0 Å². The van der Waals surface area contributed by atoms with Gasteiger partial charge in [-0.25, -0.2) is 9.18 Å². The van der Waals surface area contributed by atoms with Gasteiger partial charge in [-0.05, 0) is 36.6 Å². The Morgan fingerprint density at radius 3 is 2.72 bits per heavy atom. The van der Waals surface area contributed by atoms with Gasteiger partial charge in [-0.15, -0.1) is 0 Å². The van der Waals surface area contributed by atoms with Crippen LogP contribution < -0.4 is 5.69 Å². The SMILES string of the molecule is O=c1n(Cc2cc(F)cc(Br)c2)ccn1C1CC1. The van der Waals surface area contributed by atoms with Gasteiger partial charge in [0.25, 0.3) is 0 Å². The molecular formula is C13H12BrFN2O. The molecule has 1 fully saturated rings. The van der Waals surface area contributed by atoms with Crippen LogP contribution >= 0.6 is 15.9 Å². The van der Waals surface area contributed by atoms with E-state index in [2.05, 4.69) is 15.9 Å². The first-order chi connectivity index (χ1) is 8.63. The normalized spacial score (nSPS) is 15.0. The lowest BCUT2D eigenvalue weighted by atomic mass is 10.2. The Morgan fingerprint density at radius 2 is 2.06 bits per heavy atom. The molecule has 0 bridgehead atoms. The van der Waals surface area contributed by atoms with Crippen LogP contribution in [0.1, 0.15) is 24.4 Å². The molecule has 0 aliphatic heterocycles. The molecule has 0 radical (unpaired) electrons. The topological polar surface area (TPSA) is 26.9 Å². The number of hydrogen-bond donors (Lipinski definition) is 0. The first kappa shape index (κ1) is 11.7. The predicted octanol–water partition coefficient (Wildman–Crippen LogP) is 2.93. The molecule has 3 rings (SSSR count). The van der Waals surface area contributed by atoms with Crippen LogP contribution in [0.3, 0.4) is 0 Å². The molecule has 0 N–H and O–H groups in total. The quantitative estimate of drug-likeness (QED) is 0.856. The lowest BCUT2D eigenvalue weighted by Crippen LogP contribution is -2.23. The van der Waals surface area contributed by atoms with E-state index in [-0.39, 0.29) is 11.5 Å². The fourth-order valence-corrected chi connectivity index (χ4v) is 2.59. The van der Waals surface area contributed by atoms with E-state index in [1.165, 1.54) is 12.1 Å². The minimum Gasteiger partial charge on any atom is -0.296 e. The lowest BCUT2D eigenvalue weighted by Gasteiger charge is -2.03. The standard InChI is InChI=1S/C13H12BrFN2O/c14-10-5-9(6-11(15)7-10)8-16-3-4-17(13(16)18)12-1-2-12/h3-7,12H,1-2,8H2. The van der Waals surface area contributed by atoms with Crippen LogP contribution in [-0.4, -0.2) is 9.13 Å². The fraction of sp³-hybridized carbons (Fsp3) is 0.308. The molecule has 1 heterocycles. The van der Waals surface area contributed by atoms with Gasteiger partial charge in [0.05, 0.1) is 6.54 Å². The van der Waals surface area contributed by atoms with Gasteiger partial charge >= 0.3 is 5.69 Å². The zero-order chi connectivity index (χ0) is 12.7. The van der Waals surface area contributed by atoms with E-state index in [1.54, 1.807) is 15.3 Å². The van der Waals surface area contributed by atoms with Gasteiger partial charge in [0.15, 0.2) is 0 Å². The molecule has 1 saturated carbocycles. The second-order valence-electron chi connectivity index (χ2n) is 4.62. The van der Waals surface area contributed by atoms with Gasteiger partial charge in [-0.2, -0.15) is 0 Å². The maximum Gasteiger partial charge on any atom is 0.328 e. The highest BCUT2D eigenvalue weighted by atomic mass is 79.9. The molecular weight excluding hydrogens is 299 g/mol. The maximum atomic E-state index is 13.3. The summed E-state index contributed by atoms with van der Waals surface area (Å²) in [7, 11) is 0. The Bertz CT molecular complexity index is 622. The van der Waals surface area contributed by atoms with Gasteiger partial charge in [-0.3, -0.25) is 9.13 Å². The Labute approximate surface area is 112 Å². The van der Waals surface area contributed by atoms with Crippen LogP contribution in [0.4, 0.5) is 4.39 Å². The molecule has 0 spiro atoms. The summed E-state index contributed by atoms with van der Waals surface area (Å²) in [6.45, 7) is 0.398. The van der Waals surface area contributed by atoms with Crippen molar-refractivity contribution in [2.45, 2.75) is 25.4 Å². The van der Waals surface area contributed by atoms with Crippen molar-refractivity contribution in [3.05, 3.63) is 56.9 Å². The molecule has 1 aromatic heterocycles. The summed E-state index contributed by atoms with van der Waals surface area (Å²) in [6, 6.07) is 5.05. The minimum atomic E-state index is -0.297. The zero-order valence-corrected chi connectivity index (χ0v) is 11.2. The number of nitrogens with zero attached hydrogens (tertiary/aromatic N) is 2. The molecule has 94 valence electrons. The van der Waals surface area contributed by atoms with Crippen LogP contribution in [0.15, 0.2) is 39.9 Å². The molecule has 1 aliphatic carbocycles. The van der Waals surface area contributed by atoms with Gasteiger partial charge in [0.2, 0.25) is 0 Å². The number of hydrogen-bond acceptors (Lipinski definition) is 1. The molecule has 0 amide bonds. The van der Waals surface area contributed by atoms with E-state index in [0.29, 0.717) is 17.1 Å². The van der Waals surface area contributed by atoms with Crippen molar-refractivity contribution in [1.82, 2.24) is 9.13 Å². The highest BCUT2D eigenvalue weighted by Crippen LogP contribution is 2.33. The summed E-state index contributed by atoms with van der Waals surface area (Å²) in [5.74, 6) is -0.297. The van der Waals surface area contributed by atoms with Gasteiger partial charge in [-0.1, -0.05) is 15.9 Å². The molecule has 18 heavy (non-hydrogen) atoms. The van der Waals surface area contributed by atoms with Gasteiger partial charge < -0.3 is 0 Å². The second kappa shape index (κ2) is 4.39. The Balaban J connectivity index is 1.89. The number of rotatable bonds is 3. The molecule has 0 saturated heterocycles. The summed E-state index contributed by atoms with van der Waals surface area (Å²) in [5, 5.41) is 0. The third-order valence-corrected chi connectivity index (χ3v) is 3.55. The van der Waals surface area contributed by atoms with E-state index < -0.39 is 0 Å². The third kappa shape index (κ3) is 2.27. The highest BCUT2D eigenvalue weighted by molar-refractivity contribution is 9.10. The number of imidazole rings is 1. The van der Waals surface area contributed by atoms with E-state index in [4.69, 9.17) is 0 Å². The van der Waals surface area contributed by atoms with Crippen molar-refractivity contribution < 1.29 is 4.39 Å². The Hall–Kier alpha value is -1.36. The smallest absolute Gasteiger partial charge is 0.296 e. The average Bonchev–Trinajstić information content (AvgIpc) is 3.05. The fourth-order valence-electron chi connectivity index (χ4n) is 2.08. The number of benzene rings is 1. The van der Waals surface area contributed by atoms with Crippen molar-refractivity contribution in [2.75, 3.05) is 0 Å². The highest BCUT2D eigenvalue weighted by Gasteiger charge is 2.25. The molecule has 5 heteroatoms. The van der Waals surface area contributed by atoms with Crippen LogP contribution in [0.2, 0.25) is 0 Å². The van der Waals surface area contributed by atoms with Gasteiger partial charge in [0.1, 0.15) is 5.82 Å². The van der Waals surface area contributed by atoms with Crippen LogP contribution in [-0.2, 0) is 6.54 Å². The summed E-state index contributed by atoms with van der Waals surface area (Å²) in [6.07, 6.45) is 5.73. The molecule has 3 nitrogen and oxygen atoms in total. The van der Waals surface area contributed by atoms with E-state index in [9.17, 15) is 9.18 Å². The van der Waals surface area contributed by atoms with Crippen LogP contribution in [0, 0.1) is 5.82 Å². The summed E-state index contributed by atoms with van der Waals surface area (Å²) < 4.78 is 17.3. The maximum absolute atomic E-state index is 13.3. The molecule has 0 unspecified atom stereocenters. The summed E-state index contributed by atoms with van der Waals surface area (Å²) >= 11 is 3.25. The predicted molar refractivity (Wildman–Crippen MR) is 70.2 cm³/mol. The first-order valence-electron chi connectivity index (χ1n) is 5.86. The number of halogens is 2. The zero-order valence-electron chi connectivity index (χ0n) is 9.64. The lowest BCUT2D eigenvalue weighted by molar-refractivity contribution is 0.618.